The van der Waals surface area contributed by atoms with Crippen LogP contribution in [0.15, 0.2) is 24.3 Å². The molecule has 0 fully saturated rings. The normalized spacial score (nSPS) is 10.9. The predicted molar refractivity (Wildman–Crippen MR) is 80.4 cm³/mol. The van der Waals surface area contributed by atoms with E-state index < -0.39 is 0 Å². The van der Waals surface area contributed by atoms with Gasteiger partial charge in [0.15, 0.2) is 0 Å². The highest BCUT2D eigenvalue weighted by atomic mass is 32.2. The highest BCUT2D eigenvalue weighted by molar-refractivity contribution is 8.14. The highest BCUT2D eigenvalue weighted by Crippen LogP contribution is 2.14. The number of thioether (sulfide) groups is 1. The second kappa shape index (κ2) is 8.33. The number of carbonyl (C=O) groups excluding carboxylic acids is 1. The largest absolute Gasteiger partial charge is 0.303 e. The van der Waals surface area contributed by atoms with Gasteiger partial charge in [-0.25, -0.2) is 0 Å². The van der Waals surface area contributed by atoms with Crippen LogP contribution < -0.4 is 0 Å². The van der Waals surface area contributed by atoms with E-state index in [2.05, 4.69) is 31.7 Å². The zero-order valence-electron chi connectivity index (χ0n) is 11.6. The molecule has 0 bridgehead atoms. The number of hydrogen-bond acceptors (Lipinski definition) is 3. The van der Waals surface area contributed by atoms with Crippen LogP contribution in [-0.4, -0.2) is 35.4 Å². The van der Waals surface area contributed by atoms with Crippen molar-refractivity contribution in [2.24, 2.45) is 0 Å². The lowest BCUT2D eigenvalue weighted by Gasteiger charge is -2.16. The van der Waals surface area contributed by atoms with Gasteiger partial charge in [0.2, 0.25) is 5.12 Å². The van der Waals surface area contributed by atoms with Crippen molar-refractivity contribution in [1.29, 1.82) is 0 Å². The maximum Gasteiger partial charge on any atom is 0.219 e. The number of hydrogen-bond donors (Lipinski definition) is 0. The van der Waals surface area contributed by atoms with Crippen molar-refractivity contribution in [3.05, 3.63) is 35.4 Å². The molecule has 0 aromatic heterocycles. The van der Waals surface area contributed by atoms with Crippen LogP contribution in [0.25, 0.3) is 0 Å². The summed E-state index contributed by atoms with van der Waals surface area (Å²) in [4.78, 5) is 14.4. The zero-order chi connectivity index (χ0) is 13.4. The molecule has 0 amide bonds. The van der Waals surface area contributed by atoms with E-state index in [-0.39, 0.29) is 5.12 Å². The monoisotopic (exact) mass is 265 g/mol. The molecule has 0 saturated carbocycles. The lowest BCUT2D eigenvalue weighted by atomic mass is 10.1. The molecular formula is C15H23NOS. The lowest BCUT2D eigenvalue weighted by Crippen LogP contribution is -2.25. The van der Waals surface area contributed by atoms with E-state index in [1.54, 1.807) is 0 Å². The fraction of sp³-hybridized carbons (Fsp3) is 0.533. The molecule has 1 aromatic carbocycles. The van der Waals surface area contributed by atoms with E-state index in [0.29, 0.717) is 0 Å². The summed E-state index contributed by atoms with van der Waals surface area (Å²) in [5.41, 5.74) is 2.06. The number of benzene rings is 1. The molecular weight excluding hydrogens is 242 g/mol. The molecule has 1 rings (SSSR count). The maximum atomic E-state index is 12.0. The summed E-state index contributed by atoms with van der Waals surface area (Å²) in [7, 11) is 0. The Balaban J connectivity index is 2.45. The number of aryl methyl sites for hydroxylation is 1. The second-order valence-electron chi connectivity index (χ2n) is 4.22. The summed E-state index contributed by atoms with van der Waals surface area (Å²) in [6.07, 6.45) is 0.977. The molecule has 1 aromatic rings. The van der Waals surface area contributed by atoms with Gasteiger partial charge >= 0.3 is 0 Å². The van der Waals surface area contributed by atoms with E-state index >= 15 is 0 Å². The summed E-state index contributed by atoms with van der Waals surface area (Å²) >= 11 is 1.43. The Morgan fingerprint density at radius 3 is 2.56 bits per heavy atom. The predicted octanol–water partition coefficient (Wildman–Crippen LogP) is 3.46. The third-order valence-corrected chi connectivity index (χ3v) is 3.99. The molecule has 0 spiro atoms. The SMILES string of the molecule is CCc1cccc(C(=O)SCCN(CC)CC)c1. The Morgan fingerprint density at radius 2 is 1.94 bits per heavy atom. The minimum absolute atomic E-state index is 0.192. The summed E-state index contributed by atoms with van der Waals surface area (Å²) < 4.78 is 0. The second-order valence-corrected chi connectivity index (χ2v) is 5.28. The molecule has 0 aliphatic heterocycles. The minimum atomic E-state index is 0.192. The van der Waals surface area contributed by atoms with Crippen LogP contribution in [0, 0.1) is 0 Å². The molecule has 0 unspecified atom stereocenters. The number of nitrogens with zero attached hydrogens (tertiary/aromatic N) is 1. The first kappa shape index (κ1) is 15.3. The van der Waals surface area contributed by atoms with Crippen LogP contribution in [-0.2, 0) is 6.42 Å². The molecule has 2 nitrogen and oxygen atoms in total. The third-order valence-electron chi connectivity index (χ3n) is 3.11. The van der Waals surface area contributed by atoms with Crippen molar-refractivity contribution >= 4 is 16.9 Å². The molecule has 0 atom stereocenters. The van der Waals surface area contributed by atoms with E-state index in [9.17, 15) is 4.79 Å². The van der Waals surface area contributed by atoms with Crippen molar-refractivity contribution in [3.8, 4) is 0 Å². The van der Waals surface area contributed by atoms with Crippen LogP contribution in [0.3, 0.4) is 0 Å². The molecule has 0 radical (unpaired) electrons. The van der Waals surface area contributed by atoms with Gasteiger partial charge in [-0.3, -0.25) is 4.79 Å². The third kappa shape index (κ3) is 4.83. The Kier molecular flexibility index (Phi) is 7.06. The molecule has 0 aliphatic rings. The highest BCUT2D eigenvalue weighted by Gasteiger charge is 2.07. The Hall–Kier alpha value is -0.800. The summed E-state index contributed by atoms with van der Waals surface area (Å²) in [6.45, 7) is 9.50. The van der Waals surface area contributed by atoms with Crippen molar-refractivity contribution in [1.82, 2.24) is 4.90 Å². The van der Waals surface area contributed by atoms with Crippen molar-refractivity contribution in [3.63, 3.8) is 0 Å². The molecule has 0 saturated heterocycles. The first-order valence-corrected chi connectivity index (χ1v) is 7.68. The fourth-order valence-corrected chi connectivity index (χ4v) is 2.64. The molecule has 100 valence electrons. The Bertz CT molecular complexity index is 375. The van der Waals surface area contributed by atoms with Gasteiger partial charge in [-0.05, 0) is 31.1 Å². The van der Waals surface area contributed by atoms with Gasteiger partial charge in [0.25, 0.3) is 0 Å². The van der Waals surface area contributed by atoms with Gasteiger partial charge in [-0.1, -0.05) is 50.7 Å². The molecule has 18 heavy (non-hydrogen) atoms. The average Bonchev–Trinajstić information content (AvgIpc) is 2.43. The van der Waals surface area contributed by atoms with E-state index in [4.69, 9.17) is 0 Å². The summed E-state index contributed by atoms with van der Waals surface area (Å²) in [5.74, 6) is 0.872. The van der Waals surface area contributed by atoms with E-state index in [0.717, 1.165) is 37.4 Å². The summed E-state index contributed by atoms with van der Waals surface area (Å²) in [6, 6.07) is 7.95. The minimum Gasteiger partial charge on any atom is -0.303 e. The van der Waals surface area contributed by atoms with Crippen LogP contribution in [0.4, 0.5) is 0 Å². The smallest absolute Gasteiger partial charge is 0.219 e. The van der Waals surface area contributed by atoms with E-state index in [1.165, 1.54) is 17.3 Å². The molecule has 3 heteroatoms. The van der Waals surface area contributed by atoms with Gasteiger partial charge in [0.1, 0.15) is 0 Å². The fourth-order valence-electron chi connectivity index (χ4n) is 1.81. The van der Waals surface area contributed by atoms with Crippen LogP contribution in [0.1, 0.15) is 36.7 Å². The number of carbonyl (C=O) groups is 1. The van der Waals surface area contributed by atoms with Crippen molar-refractivity contribution < 1.29 is 4.79 Å². The van der Waals surface area contributed by atoms with E-state index in [1.807, 2.05) is 18.2 Å². The Labute approximate surface area is 115 Å². The van der Waals surface area contributed by atoms with Gasteiger partial charge < -0.3 is 4.90 Å². The topological polar surface area (TPSA) is 20.3 Å². The quantitative estimate of drug-likeness (QED) is 0.753. The van der Waals surface area contributed by atoms with Crippen molar-refractivity contribution in [2.45, 2.75) is 27.2 Å². The van der Waals surface area contributed by atoms with Crippen LogP contribution >= 0.6 is 11.8 Å². The average molecular weight is 265 g/mol. The maximum absolute atomic E-state index is 12.0. The standard InChI is InChI=1S/C15H23NOS/c1-4-13-8-7-9-14(12-13)15(17)18-11-10-16(5-2)6-3/h7-9,12H,4-6,10-11H2,1-3H3. The van der Waals surface area contributed by atoms with Crippen LogP contribution in [0.5, 0.6) is 0 Å². The zero-order valence-corrected chi connectivity index (χ0v) is 12.4. The Morgan fingerprint density at radius 1 is 1.22 bits per heavy atom. The van der Waals surface area contributed by atoms with Gasteiger partial charge in [-0.15, -0.1) is 0 Å². The first-order valence-electron chi connectivity index (χ1n) is 6.69. The summed E-state index contributed by atoms with van der Waals surface area (Å²) in [5, 5.41) is 0.192. The van der Waals surface area contributed by atoms with Gasteiger partial charge in [0, 0.05) is 17.9 Å². The first-order chi connectivity index (χ1) is 8.71. The van der Waals surface area contributed by atoms with Gasteiger partial charge in [0.05, 0.1) is 0 Å². The molecule has 0 aliphatic carbocycles. The van der Waals surface area contributed by atoms with Gasteiger partial charge in [-0.2, -0.15) is 0 Å². The number of rotatable bonds is 7. The molecule has 0 N–H and O–H groups in total. The van der Waals surface area contributed by atoms with Crippen molar-refractivity contribution in [2.75, 3.05) is 25.4 Å². The molecule has 0 heterocycles. The van der Waals surface area contributed by atoms with Crippen LogP contribution in [0.2, 0.25) is 0 Å². The lowest BCUT2D eigenvalue weighted by molar-refractivity contribution is 0.108.